The van der Waals surface area contributed by atoms with E-state index in [1.54, 1.807) is 0 Å². The molecule has 3 nitrogen and oxygen atoms in total. The van der Waals surface area contributed by atoms with Gasteiger partial charge >= 0.3 is 0 Å². The van der Waals surface area contributed by atoms with E-state index in [1.807, 2.05) is 13.1 Å². The Morgan fingerprint density at radius 3 is 3.07 bits per heavy atom. The van der Waals surface area contributed by atoms with Crippen molar-refractivity contribution in [2.24, 2.45) is 5.92 Å². The second kappa shape index (κ2) is 4.62. The lowest BCUT2D eigenvalue weighted by atomic mass is 9.99. The van der Waals surface area contributed by atoms with E-state index >= 15 is 0 Å². The van der Waals surface area contributed by atoms with Crippen LogP contribution in [0.25, 0.3) is 0 Å². The summed E-state index contributed by atoms with van der Waals surface area (Å²) in [6.45, 7) is 4.34. The van der Waals surface area contributed by atoms with Gasteiger partial charge in [-0.25, -0.2) is 4.98 Å². The normalized spacial score (nSPS) is 21.7. The molecule has 0 saturated carbocycles. The predicted octanol–water partition coefficient (Wildman–Crippen LogP) is 1.60. The Balaban J connectivity index is 2.06. The molecular weight excluding hydrogens is 188 g/mol. The van der Waals surface area contributed by atoms with E-state index in [9.17, 15) is 0 Å². The van der Waals surface area contributed by atoms with Gasteiger partial charge in [0.1, 0.15) is 5.82 Å². The average Bonchev–Trinajstić information content (AvgIpc) is 2.30. The first kappa shape index (κ1) is 10.4. The molecule has 1 aromatic rings. The minimum atomic E-state index is 0.294. The molecule has 1 aliphatic heterocycles. The molecule has 2 rings (SSSR count). The van der Waals surface area contributed by atoms with Crippen LogP contribution >= 0.6 is 0 Å². The molecule has 0 unspecified atom stereocenters. The number of aryl methyl sites for hydroxylation is 1. The molecule has 0 aliphatic carbocycles. The molecule has 1 aliphatic rings. The van der Waals surface area contributed by atoms with Gasteiger partial charge in [-0.3, -0.25) is 0 Å². The van der Waals surface area contributed by atoms with Gasteiger partial charge in [-0.05, 0) is 37.3 Å². The molecule has 2 heterocycles. The summed E-state index contributed by atoms with van der Waals surface area (Å²) in [4.78, 5) is 6.68. The van der Waals surface area contributed by atoms with Crippen molar-refractivity contribution in [3.8, 4) is 0 Å². The number of aliphatic hydroxyl groups excluding tert-OH is 1. The van der Waals surface area contributed by atoms with E-state index in [-0.39, 0.29) is 0 Å². The summed E-state index contributed by atoms with van der Waals surface area (Å²) < 4.78 is 0. The van der Waals surface area contributed by atoms with E-state index in [0.717, 1.165) is 31.7 Å². The number of nitrogens with zero attached hydrogens (tertiary/aromatic N) is 2. The summed E-state index contributed by atoms with van der Waals surface area (Å²) in [5, 5.41) is 9.15. The first-order valence-corrected chi connectivity index (χ1v) is 5.58. The van der Waals surface area contributed by atoms with Crippen LogP contribution in [0.3, 0.4) is 0 Å². The lowest BCUT2D eigenvalue weighted by Gasteiger charge is -2.32. The number of aromatic nitrogens is 1. The number of piperidine rings is 1. The van der Waals surface area contributed by atoms with Gasteiger partial charge in [0.05, 0.1) is 0 Å². The highest BCUT2D eigenvalue weighted by Gasteiger charge is 2.19. The largest absolute Gasteiger partial charge is 0.396 e. The first-order chi connectivity index (χ1) is 7.29. The molecule has 0 amide bonds. The lowest BCUT2D eigenvalue weighted by Crippen LogP contribution is -2.37. The van der Waals surface area contributed by atoms with E-state index in [2.05, 4.69) is 22.0 Å². The second-order valence-corrected chi connectivity index (χ2v) is 4.33. The van der Waals surface area contributed by atoms with Crippen LogP contribution in [-0.2, 0) is 0 Å². The summed E-state index contributed by atoms with van der Waals surface area (Å²) in [6, 6.07) is 4.15. The maximum absolute atomic E-state index is 9.15. The van der Waals surface area contributed by atoms with Crippen molar-refractivity contribution in [1.82, 2.24) is 4.98 Å². The maximum atomic E-state index is 9.15. The van der Waals surface area contributed by atoms with Crippen LogP contribution in [0.1, 0.15) is 18.4 Å². The number of hydrogen-bond donors (Lipinski definition) is 1. The number of pyridine rings is 1. The number of rotatable bonds is 2. The summed E-state index contributed by atoms with van der Waals surface area (Å²) in [5.74, 6) is 1.46. The topological polar surface area (TPSA) is 36.4 Å². The van der Waals surface area contributed by atoms with Crippen molar-refractivity contribution < 1.29 is 5.11 Å². The Morgan fingerprint density at radius 2 is 2.40 bits per heavy atom. The Hall–Kier alpha value is -1.09. The van der Waals surface area contributed by atoms with Gasteiger partial charge in [0, 0.05) is 25.9 Å². The van der Waals surface area contributed by atoms with Crippen molar-refractivity contribution in [3.05, 3.63) is 23.9 Å². The van der Waals surface area contributed by atoms with Crippen molar-refractivity contribution in [3.63, 3.8) is 0 Å². The zero-order valence-electron chi connectivity index (χ0n) is 9.19. The number of anilines is 1. The van der Waals surface area contributed by atoms with Crippen molar-refractivity contribution >= 4 is 5.82 Å². The third-order valence-corrected chi connectivity index (χ3v) is 3.00. The molecule has 1 aromatic heterocycles. The Morgan fingerprint density at radius 1 is 1.53 bits per heavy atom. The number of hydrogen-bond acceptors (Lipinski definition) is 3. The zero-order chi connectivity index (χ0) is 10.7. The van der Waals surface area contributed by atoms with Crippen LogP contribution < -0.4 is 4.90 Å². The van der Waals surface area contributed by atoms with Crippen LogP contribution in [0.4, 0.5) is 5.82 Å². The molecule has 3 heteroatoms. The quantitative estimate of drug-likeness (QED) is 0.798. The molecule has 1 saturated heterocycles. The van der Waals surface area contributed by atoms with Gasteiger partial charge < -0.3 is 10.0 Å². The minimum Gasteiger partial charge on any atom is -0.396 e. The van der Waals surface area contributed by atoms with Crippen LogP contribution in [0.15, 0.2) is 18.3 Å². The third kappa shape index (κ3) is 2.48. The Labute approximate surface area is 90.8 Å². The molecule has 1 N–H and O–H groups in total. The van der Waals surface area contributed by atoms with Gasteiger partial charge in [-0.15, -0.1) is 0 Å². The van der Waals surface area contributed by atoms with Crippen LogP contribution in [0.2, 0.25) is 0 Å². The average molecular weight is 206 g/mol. The van der Waals surface area contributed by atoms with E-state index < -0.39 is 0 Å². The molecule has 1 fully saturated rings. The van der Waals surface area contributed by atoms with Gasteiger partial charge in [0.25, 0.3) is 0 Å². The lowest BCUT2D eigenvalue weighted by molar-refractivity contribution is 0.208. The van der Waals surface area contributed by atoms with Gasteiger partial charge in [-0.2, -0.15) is 0 Å². The molecule has 0 aromatic carbocycles. The fourth-order valence-corrected chi connectivity index (χ4v) is 2.07. The van der Waals surface area contributed by atoms with Gasteiger partial charge in [-0.1, -0.05) is 6.07 Å². The molecule has 82 valence electrons. The smallest absolute Gasteiger partial charge is 0.128 e. The molecule has 1 atom stereocenters. The van der Waals surface area contributed by atoms with E-state index in [4.69, 9.17) is 5.11 Å². The summed E-state index contributed by atoms with van der Waals surface area (Å²) in [7, 11) is 0. The Kier molecular flexibility index (Phi) is 3.21. The molecule has 0 bridgehead atoms. The molecule has 0 radical (unpaired) electrons. The van der Waals surface area contributed by atoms with Crippen LogP contribution in [0.5, 0.6) is 0 Å². The summed E-state index contributed by atoms with van der Waals surface area (Å²) >= 11 is 0. The summed E-state index contributed by atoms with van der Waals surface area (Å²) in [6.07, 6.45) is 4.19. The van der Waals surface area contributed by atoms with Crippen LogP contribution in [-0.4, -0.2) is 29.8 Å². The molecule has 15 heavy (non-hydrogen) atoms. The first-order valence-electron chi connectivity index (χ1n) is 5.58. The highest BCUT2D eigenvalue weighted by molar-refractivity contribution is 5.39. The van der Waals surface area contributed by atoms with E-state index in [0.29, 0.717) is 12.5 Å². The monoisotopic (exact) mass is 206 g/mol. The zero-order valence-corrected chi connectivity index (χ0v) is 9.19. The molecular formula is C12H18N2O. The fraction of sp³-hybridized carbons (Fsp3) is 0.583. The van der Waals surface area contributed by atoms with Crippen molar-refractivity contribution in [2.75, 3.05) is 24.6 Å². The van der Waals surface area contributed by atoms with E-state index in [1.165, 1.54) is 5.56 Å². The minimum absolute atomic E-state index is 0.294. The Bertz CT molecular complexity index is 310. The predicted molar refractivity (Wildman–Crippen MR) is 61.0 cm³/mol. The van der Waals surface area contributed by atoms with Gasteiger partial charge in [0.15, 0.2) is 0 Å². The SMILES string of the molecule is Cc1ccc(N2CCC[C@H](CO)C2)nc1. The maximum Gasteiger partial charge on any atom is 0.128 e. The highest BCUT2D eigenvalue weighted by Crippen LogP contribution is 2.21. The van der Waals surface area contributed by atoms with Crippen LogP contribution in [0, 0.1) is 12.8 Å². The standard InChI is InChI=1S/C12H18N2O/c1-10-4-5-12(13-7-10)14-6-2-3-11(8-14)9-15/h4-5,7,11,15H,2-3,6,8-9H2,1H3/t11-/m0/s1. The highest BCUT2D eigenvalue weighted by atomic mass is 16.3. The summed E-state index contributed by atoms with van der Waals surface area (Å²) in [5.41, 5.74) is 1.19. The third-order valence-electron chi connectivity index (χ3n) is 3.00. The van der Waals surface area contributed by atoms with Crippen molar-refractivity contribution in [2.45, 2.75) is 19.8 Å². The fourth-order valence-electron chi connectivity index (χ4n) is 2.07. The van der Waals surface area contributed by atoms with Gasteiger partial charge in [0.2, 0.25) is 0 Å². The molecule has 0 spiro atoms. The van der Waals surface area contributed by atoms with Crippen molar-refractivity contribution in [1.29, 1.82) is 0 Å². The number of aliphatic hydroxyl groups is 1. The second-order valence-electron chi connectivity index (χ2n) is 4.33.